The Bertz CT molecular complexity index is 697. The van der Waals surface area contributed by atoms with Crippen molar-refractivity contribution in [3.05, 3.63) is 29.8 Å². The highest BCUT2D eigenvalue weighted by Gasteiger charge is 2.51. The van der Waals surface area contributed by atoms with Gasteiger partial charge in [-0.1, -0.05) is 23.9 Å². The molecule has 28 heavy (non-hydrogen) atoms. The zero-order valence-corrected chi connectivity index (χ0v) is 16.8. The van der Waals surface area contributed by atoms with Gasteiger partial charge in [0.25, 0.3) is 0 Å². The van der Waals surface area contributed by atoms with E-state index >= 15 is 0 Å². The molecule has 0 spiro atoms. The van der Waals surface area contributed by atoms with E-state index in [4.69, 9.17) is 9.47 Å². The first-order valence-corrected chi connectivity index (χ1v) is 10.0. The zero-order chi connectivity index (χ0) is 20.5. The van der Waals surface area contributed by atoms with E-state index in [0.29, 0.717) is 10.9 Å². The van der Waals surface area contributed by atoms with Crippen LogP contribution in [0, 0.1) is 5.92 Å². The Kier molecular flexibility index (Phi) is 6.46. The molecule has 0 radical (unpaired) electrons. The highest BCUT2D eigenvalue weighted by Crippen LogP contribution is 2.43. The lowest BCUT2D eigenvalue weighted by Crippen LogP contribution is -2.49. The Balaban J connectivity index is 1.68. The number of thioether (sulfide) groups is 1. The topological polar surface area (TPSA) is 54.3 Å². The van der Waals surface area contributed by atoms with Crippen molar-refractivity contribution in [2.24, 2.45) is 10.9 Å². The van der Waals surface area contributed by atoms with E-state index in [1.54, 1.807) is 50.4 Å². The number of fused-ring (bicyclic) bond motifs is 1. The highest BCUT2D eigenvalue weighted by atomic mass is 32.2. The number of alkyl halides is 3. The van der Waals surface area contributed by atoms with E-state index in [1.807, 2.05) is 0 Å². The van der Waals surface area contributed by atoms with E-state index in [-0.39, 0.29) is 19.3 Å². The SMILES string of the molecule is COc1ccc(CCC(C2CC(O)C3N=C(N(C)C)SC3O2)C(F)(F)F)cc1. The molecule has 0 amide bonds. The minimum atomic E-state index is -4.40. The number of aliphatic hydroxyl groups is 1. The number of ether oxygens (including phenoxy) is 2. The number of benzene rings is 1. The summed E-state index contributed by atoms with van der Waals surface area (Å²) >= 11 is 1.27. The number of halogens is 3. The first-order valence-electron chi connectivity index (χ1n) is 9.14. The Morgan fingerprint density at radius 2 is 2.00 bits per heavy atom. The van der Waals surface area contributed by atoms with E-state index in [2.05, 4.69) is 4.99 Å². The van der Waals surface area contributed by atoms with Crippen molar-refractivity contribution in [1.29, 1.82) is 0 Å². The average molecular weight is 418 g/mol. The number of rotatable bonds is 5. The van der Waals surface area contributed by atoms with Crippen LogP contribution in [0.25, 0.3) is 0 Å². The first kappa shape index (κ1) is 21.3. The minimum absolute atomic E-state index is 0.0707. The third-order valence-electron chi connectivity index (χ3n) is 5.09. The molecule has 0 aliphatic carbocycles. The van der Waals surface area contributed by atoms with Gasteiger partial charge in [0, 0.05) is 20.5 Å². The lowest BCUT2D eigenvalue weighted by Gasteiger charge is -2.38. The second kappa shape index (κ2) is 8.51. The van der Waals surface area contributed by atoms with Crippen LogP contribution in [0.15, 0.2) is 29.3 Å². The standard InChI is InChI=1S/C19H25F3N2O3S/c1-24(2)18-23-16-14(25)10-15(27-17(16)28-18)13(19(20,21)22)9-6-11-4-7-12(26-3)8-5-11/h4-5,7-8,13-17,25H,6,9-10H2,1-3H3. The molecule has 2 aliphatic heterocycles. The van der Waals surface area contributed by atoms with Gasteiger partial charge in [-0.3, -0.25) is 4.99 Å². The maximum Gasteiger partial charge on any atom is 0.394 e. The van der Waals surface area contributed by atoms with Crippen LogP contribution in [0.2, 0.25) is 0 Å². The van der Waals surface area contributed by atoms with Gasteiger partial charge in [0.1, 0.15) is 17.2 Å². The van der Waals surface area contributed by atoms with Crippen molar-refractivity contribution in [2.45, 2.75) is 49.1 Å². The molecule has 1 fully saturated rings. The maximum atomic E-state index is 13.8. The predicted molar refractivity (Wildman–Crippen MR) is 103 cm³/mol. The van der Waals surface area contributed by atoms with Gasteiger partial charge < -0.3 is 19.5 Å². The molecule has 0 aromatic heterocycles. The Morgan fingerprint density at radius 3 is 2.57 bits per heavy atom. The summed E-state index contributed by atoms with van der Waals surface area (Å²) in [5.41, 5.74) is 0.217. The van der Waals surface area contributed by atoms with Crippen LogP contribution in [0.1, 0.15) is 18.4 Å². The fraction of sp³-hybridized carbons (Fsp3) is 0.632. The summed E-state index contributed by atoms with van der Waals surface area (Å²) < 4.78 is 52.2. The number of aliphatic hydroxyl groups excluding tert-OH is 1. The minimum Gasteiger partial charge on any atom is -0.497 e. The van der Waals surface area contributed by atoms with E-state index in [1.165, 1.54) is 11.8 Å². The Labute approximate surface area is 166 Å². The summed E-state index contributed by atoms with van der Waals surface area (Å²) in [6.45, 7) is 0. The van der Waals surface area contributed by atoms with Crippen LogP contribution in [-0.4, -0.2) is 66.2 Å². The molecule has 5 atom stereocenters. The molecule has 9 heteroatoms. The summed E-state index contributed by atoms with van der Waals surface area (Å²) in [5.74, 6) is -0.981. The number of amidine groups is 1. The third-order valence-corrected chi connectivity index (χ3v) is 6.40. The van der Waals surface area contributed by atoms with E-state index in [0.717, 1.165) is 5.56 Å². The van der Waals surface area contributed by atoms with Crippen LogP contribution in [0.5, 0.6) is 5.75 Å². The number of hydrogen-bond acceptors (Lipinski definition) is 6. The van der Waals surface area contributed by atoms with Crippen LogP contribution in [-0.2, 0) is 11.2 Å². The average Bonchev–Trinajstić information content (AvgIpc) is 3.06. The molecule has 1 aromatic carbocycles. The van der Waals surface area contributed by atoms with E-state index < -0.39 is 35.8 Å². The van der Waals surface area contributed by atoms with Crippen LogP contribution in [0.3, 0.4) is 0 Å². The van der Waals surface area contributed by atoms with Crippen molar-refractivity contribution in [3.8, 4) is 5.75 Å². The molecule has 2 heterocycles. The molecule has 5 nitrogen and oxygen atoms in total. The summed E-state index contributed by atoms with van der Waals surface area (Å²) in [7, 11) is 5.15. The van der Waals surface area contributed by atoms with Crippen LogP contribution < -0.4 is 4.74 Å². The van der Waals surface area contributed by atoms with Crippen molar-refractivity contribution < 1.29 is 27.8 Å². The molecule has 1 aromatic rings. The molecular weight excluding hydrogens is 393 g/mol. The van der Waals surface area contributed by atoms with Gasteiger partial charge in [-0.05, 0) is 30.5 Å². The molecule has 156 valence electrons. The lowest BCUT2D eigenvalue weighted by molar-refractivity contribution is -0.224. The second-order valence-electron chi connectivity index (χ2n) is 7.30. The smallest absolute Gasteiger partial charge is 0.394 e. The Morgan fingerprint density at radius 1 is 1.32 bits per heavy atom. The third kappa shape index (κ3) is 4.75. The van der Waals surface area contributed by atoms with Gasteiger partial charge in [0.2, 0.25) is 0 Å². The molecule has 1 saturated heterocycles. The summed E-state index contributed by atoms with van der Waals surface area (Å²) in [6.07, 6.45) is -6.34. The fourth-order valence-electron chi connectivity index (χ4n) is 3.53. The van der Waals surface area contributed by atoms with Gasteiger partial charge in [-0.2, -0.15) is 13.2 Å². The number of aliphatic imine (C=N–C) groups is 1. The molecule has 3 rings (SSSR count). The first-order chi connectivity index (χ1) is 13.2. The molecule has 1 N–H and O–H groups in total. The zero-order valence-electron chi connectivity index (χ0n) is 16.0. The van der Waals surface area contributed by atoms with Crippen molar-refractivity contribution in [2.75, 3.05) is 21.2 Å². The normalized spacial score (nSPS) is 28.5. The van der Waals surface area contributed by atoms with Crippen LogP contribution >= 0.6 is 11.8 Å². The molecule has 5 unspecified atom stereocenters. The largest absolute Gasteiger partial charge is 0.497 e. The number of methoxy groups -OCH3 is 1. The predicted octanol–water partition coefficient (Wildman–Crippen LogP) is 3.32. The van der Waals surface area contributed by atoms with Gasteiger partial charge in [-0.25, -0.2) is 0 Å². The van der Waals surface area contributed by atoms with Gasteiger partial charge in [0.05, 0.1) is 25.2 Å². The fourth-order valence-corrected chi connectivity index (χ4v) is 4.71. The lowest BCUT2D eigenvalue weighted by atomic mass is 9.87. The molecule has 0 saturated carbocycles. The summed E-state index contributed by atoms with van der Waals surface area (Å²) in [6, 6.07) is 6.48. The van der Waals surface area contributed by atoms with Crippen LogP contribution in [0.4, 0.5) is 13.2 Å². The van der Waals surface area contributed by atoms with Crippen molar-refractivity contribution in [3.63, 3.8) is 0 Å². The number of hydrogen-bond donors (Lipinski definition) is 1. The summed E-state index contributed by atoms with van der Waals surface area (Å²) in [5, 5.41) is 11.1. The number of nitrogens with zero attached hydrogens (tertiary/aromatic N) is 2. The monoisotopic (exact) mass is 418 g/mol. The van der Waals surface area contributed by atoms with Gasteiger partial charge in [0.15, 0.2) is 5.17 Å². The maximum absolute atomic E-state index is 13.8. The van der Waals surface area contributed by atoms with Gasteiger partial charge >= 0.3 is 6.18 Å². The van der Waals surface area contributed by atoms with Crippen molar-refractivity contribution in [1.82, 2.24) is 4.90 Å². The molecular formula is C19H25F3N2O3S. The summed E-state index contributed by atoms with van der Waals surface area (Å²) in [4.78, 5) is 6.17. The van der Waals surface area contributed by atoms with E-state index in [9.17, 15) is 18.3 Å². The Hall–Kier alpha value is -1.45. The molecule has 2 aliphatic rings. The van der Waals surface area contributed by atoms with Crippen molar-refractivity contribution >= 4 is 16.9 Å². The molecule has 0 bridgehead atoms. The number of aryl methyl sites for hydroxylation is 1. The van der Waals surface area contributed by atoms with Gasteiger partial charge in [-0.15, -0.1) is 0 Å². The second-order valence-corrected chi connectivity index (χ2v) is 8.36. The highest BCUT2D eigenvalue weighted by molar-refractivity contribution is 8.14. The quantitative estimate of drug-likeness (QED) is 0.795.